The molecule has 1 fully saturated rings. The lowest BCUT2D eigenvalue weighted by Gasteiger charge is -2.35. The number of nitrogens with zero attached hydrogens (tertiary/aromatic N) is 2. The number of nitrogens with one attached hydrogen (secondary N) is 1. The Morgan fingerprint density at radius 2 is 1.77 bits per heavy atom. The van der Waals surface area contributed by atoms with Crippen LogP contribution in [0.25, 0.3) is 0 Å². The van der Waals surface area contributed by atoms with Gasteiger partial charge in [-0.3, -0.25) is 4.79 Å². The number of carbonyl (C=O) groups excluding carboxylic acids is 1. The molecule has 35 heavy (non-hydrogen) atoms. The van der Waals surface area contributed by atoms with Crippen LogP contribution in [0.15, 0.2) is 71.6 Å². The summed E-state index contributed by atoms with van der Waals surface area (Å²) in [4.78, 5) is 14.8. The van der Waals surface area contributed by atoms with Gasteiger partial charge >= 0.3 is 0 Å². The van der Waals surface area contributed by atoms with E-state index in [4.69, 9.17) is 16.3 Å². The molecule has 0 spiro atoms. The minimum absolute atomic E-state index is 0.0148. The van der Waals surface area contributed by atoms with Gasteiger partial charge in [0.25, 0.3) is 5.91 Å². The number of rotatable bonds is 7. The predicted molar refractivity (Wildman–Crippen MR) is 134 cm³/mol. The van der Waals surface area contributed by atoms with Crippen molar-refractivity contribution in [3.8, 4) is 5.75 Å². The lowest BCUT2D eigenvalue weighted by molar-refractivity contribution is 0.102. The first-order chi connectivity index (χ1) is 16.8. The largest absolute Gasteiger partial charge is 0.492 e. The molecule has 184 valence electrons. The van der Waals surface area contributed by atoms with E-state index in [9.17, 15) is 17.6 Å². The molecule has 1 heterocycles. The highest BCUT2D eigenvalue weighted by atomic mass is 35.5. The van der Waals surface area contributed by atoms with Crippen molar-refractivity contribution in [3.63, 3.8) is 0 Å². The van der Waals surface area contributed by atoms with E-state index in [1.807, 2.05) is 18.2 Å². The molecule has 4 rings (SSSR count). The lowest BCUT2D eigenvalue weighted by atomic mass is 10.2. The van der Waals surface area contributed by atoms with Gasteiger partial charge in [0.2, 0.25) is 10.0 Å². The van der Waals surface area contributed by atoms with Crippen molar-refractivity contribution < 1.29 is 22.3 Å². The van der Waals surface area contributed by atoms with E-state index >= 15 is 0 Å². The third kappa shape index (κ3) is 5.58. The van der Waals surface area contributed by atoms with Crippen LogP contribution >= 0.6 is 11.6 Å². The second-order valence-electron chi connectivity index (χ2n) is 7.90. The molecule has 1 aliphatic rings. The molecule has 0 atom stereocenters. The molecule has 1 amide bonds. The van der Waals surface area contributed by atoms with Crippen molar-refractivity contribution in [3.05, 3.63) is 83.1 Å². The number of carbonyl (C=O) groups is 1. The summed E-state index contributed by atoms with van der Waals surface area (Å²) in [6, 6.07) is 17.3. The third-order valence-corrected chi connectivity index (χ3v) is 7.80. The zero-order valence-corrected chi connectivity index (χ0v) is 20.7. The van der Waals surface area contributed by atoms with Crippen molar-refractivity contribution in [1.82, 2.24) is 4.31 Å². The summed E-state index contributed by atoms with van der Waals surface area (Å²) in [6.45, 7) is 3.67. The number of amides is 1. The first kappa shape index (κ1) is 25.0. The van der Waals surface area contributed by atoms with Crippen LogP contribution in [0.3, 0.4) is 0 Å². The highest BCUT2D eigenvalue weighted by Crippen LogP contribution is 2.31. The molecule has 0 bridgehead atoms. The van der Waals surface area contributed by atoms with Gasteiger partial charge in [-0.15, -0.1) is 0 Å². The van der Waals surface area contributed by atoms with Gasteiger partial charge in [-0.2, -0.15) is 4.31 Å². The maximum absolute atomic E-state index is 14.1. The zero-order chi connectivity index (χ0) is 25.0. The van der Waals surface area contributed by atoms with Gasteiger partial charge in [-0.05, 0) is 55.5 Å². The quantitative estimate of drug-likeness (QED) is 0.494. The van der Waals surface area contributed by atoms with Gasteiger partial charge in [0, 0.05) is 36.9 Å². The Labute approximate surface area is 209 Å². The van der Waals surface area contributed by atoms with Crippen LogP contribution in [-0.2, 0) is 10.0 Å². The molecule has 1 N–H and O–H groups in total. The van der Waals surface area contributed by atoms with Gasteiger partial charge in [0.05, 0.1) is 22.8 Å². The summed E-state index contributed by atoms with van der Waals surface area (Å²) >= 11 is 6.09. The van der Waals surface area contributed by atoms with E-state index < -0.39 is 21.7 Å². The molecule has 3 aromatic rings. The van der Waals surface area contributed by atoms with Crippen molar-refractivity contribution in [2.75, 3.05) is 43.0 Å². The molecule has 1 saturated heterocycles. The second-order valence-corrected chi connectivity index (χ2v) is 10.3. The molecule has 10 heteroatoms. The number of hydrogen-bond donors (Lipinski definition) is 1. The Morgan fingerprint density at radius 3 is 2.46 bits per heavy atom. The molecule has 0 aromatic heterocycles. The molecule has 0 unspecified atom stereocenters. The topological polar surface area (TPSA) is 79.0 Å². The van der Waals surface area contributed by atoms with Crippen LogP contribution in [0.2, 0.25) is 5.02 Å². The van der Waals surface area contributed by atoms with Crippen LogP contribution in [-0.4, -0.2) is 51.4 Å². The standard InChI is InChI=1S/C25H25ClFN3O4S/c1-2-34-24-11-10-20(17-23(24)28-25(31)21-8-3-4-9-22(21)27)35(32,33)30-14-12-29(13-15-30)19-7-5-6-18(26)16-19/h3-11,16-17H,2,12-15H2,1H3,(H,28,31). The molecule has 1 aliphatic heterocycles. The fourth-order valence-corrected chi connectivity index (χ4v) is 5.53. The van der Waals surface area contributed by atoms with Crippen LogP contribution < -0.4 is 15.0 Å². The van der Waals surface area contributed by atoms with Gasteiger partial charge in [0.15, 0.2) is 0 Å². The van der Waals surface area contributed by atoms with Gasteiger partial charge in [0.1, 0.15) is 11.6 Å². The summed E-state index contributed by atoms with van der Waals surface area (Å²) in [5.41, 5.74) is 0.938. The molecule has 0 saturated carbocycles. The van der Waals surface area contributed by atoms with Crippen LogP contribution in [0.4, 0.5) is 15.8 Å². The van der Waals surface area contributed by atoms with E-state index in [0.717, 1.165) is 5.69 Å². The Morgan fingerprint density at radius 1 is 1.03 bits per heavy atom. The summed E-state index contributed by atoms with van der Waals surface area (Å²) < 4.78 is 47.8. The Balaban J connectivity index is 1.55. The summed E-state index contributed by atoms with van der Waals surface area (Å²) in [5, 5.41) is 3.22. The molecular formula is C25H25ClFN3O4S. The van der Waals surface area contributed by atoms with E-state index in [1.165, 1.54) is 40.7 Å². The number of piperazine rings is 1. The number of halogens is 2. The van der Waals surface area contributed by atoms with Gasteiger partial charge in [-0.1, -0.05) is 29.8 Å². The van der Waals surface area contributed by atoms with Crippen LogP contribution in [0.1, 0.15) is 17.3 Å². The maximum atomic E-state index is 14.1. The molecule has 0 aliphatic carbocycles. The number of hydrogen-bond acceptors (Lipinski definition) is 5. The van der Waals surface area contributed by atoms with Gasteiger partial charge in [-0.25, -0.2) is 12.8 Å². The highest BCUT2D eigenvalue weighted by Gasteiger charge is 2.29. The average molecular weight is 518 g/mol. The smallest absolute Gasteiger partial charge is 0.258 e. The Bertz CT molecular complexity index is 1330. The first-order valence-corrected chi connectivity index (χ1v) is 12.9. The molecule has 3 aromatic carbocycles. The monoisotopic (exact) mass is 517 g/mol. The Hall–Kier alpha value is -3.14. The fraction of sp³-hybridized carbons (Fsp3) is 0.240. The van der Waals surface area contributed by atoms with Crippen molar-refractivity contribution in [2.24, 2.45) is 0 Å². The van der Waals surface area contributed by atoms with Crippen molar-refractivity contribution in [2.45, 2.75) is 11.8 Å². The van der Waals surface area contributed by atoms with E-state index in [1.54, 1.807) is 19.1 Å². The first-order valence-electron chi connectivity index (χ1n) is 11.1. The second kappa shape index (κ2) is 10.6. The normalized spacial score (nSPS) is 14.5. The van der Waals surface area contributed by atoms with E-state index in [-0.39, 0.29) is 16.1 Å². The van der Waals surface area contributed by atoms with Crippen LogP contribution in [0.5, 0.6) is 5.75 Å². The summed E-state index contributed by atoms with van der Waals surface area (Å²) in [5.74, 6) is -1.08. The number of anilines is 2. The number of benzene rings is 3. The number of sulfonamides is 1. The molecular weight excluding hydrogens is 493 g/mol. The molecule has 7 nitrogen and oxygen atoms in total. The Kier molecular flexibility index (Phi) is 7.59. The minimum Gasteiger partial charge on any atom is -0.492 e. The van der Waals surface area contributed by atoms with Crippen LogP contribution in [0, 0.1) is 5.82 Å². The SMILES string of the molecule is CCOc1ccc(S(=O)(=O)N2CCN(c3cccc(Cl)c3)CC2)cc1NC(=O)c1ccccc1F. The molecule has 0 radical (unpaired) electrons. The fourth-order valence-electron chi connectivity index (χ4n) is 3.89. The average Bonchev–Trinajstić information content (AvgIpc) is 2.85. The lowest BCUT2D eigenvalue weighted by Crippen LogP contribution is -2.48. The van der Waals surface area contributed by atoms with Crippen molar-refractivity contribution in [1.29, 1.82) is 0 Å². The van der Waals surface area contributed by atoms with Gasteiger partial charge < -0.3 is 15.0 Å². The van der Waals surface area contributed by atoms with Crippen molar-refractivity contribution >= 4 is 38.9 Å². The number of ether oxygens (including phenoxy) is 1. The maximum Gasteiger partial charge on any atom is 0.258 e. The summed E-state index contributed by atoms with van der Waals surface area (Å²) in [6.07, 6.45) is 0. The summed E-state index contributed by atoms with van der Waals surface area (Å²) in [7, 11) is -3.84. The predicted octanol–water partition coefficient (Wildman–Crippen LogP) is 4.64. The third-order valence-electron chi connectivity index (χ3n) is 5.67. The minimum atomic E-state index is -3.84. The van der Waals surface area contributed by atoms with E-state index in [2.05, 4.69) is 10.2 Å². The highest BCUT2D eigenvalue weighted by molar-refractivity contribution is 7.89. The van der Waals surface area contributed by atoms with E-state index in [0.29, 0.717) is 43.6 Å². The zero-order valence-electron chi connectivity index (χ0n) is 19.1.